The van der Waals surface area contributed by atoms with E-state index in [1.54, 1.807) is 4.90 Å². The average molecular weight is 976 g/mol. The Labute approximate surface area is 382 Å². The van der Waals surface area contributed by atoms with Gasteiger partial charge in [0.25, 0.3) is 0 Å². The molecule has 0 amide bonds. The normalized spacial score (nSPS) is 11.8. The van der Waals surface area contributed by atoms with Crippen LogP contribution in [0.2, 0.25) is 0 Å². The smallest absolute Gasteiger partial charge is 0.191 e. The van der Waals surface area contributed by atoms with Crippen molar-refractivity contribution in [3.63, 3.8) is 0 Å². The van der Waals surface area contributed by atoms with Gasteiger partial charge in [-0.15, -0.1) is 21.9 Å². The topological polar surface area (TPSA) is 4.44 Å². The molecule has 0 fully saturated rings. The van der Waals surface area contributed by atoms with E-state index >= 15 is 35.1 Å². The summed E-state index contributed by atoms with van der Waals surface area (Å²) < 4.78 is 235. The average Bonchev–Trinajstić information content (AvgIpc) is 3.27. The summed E-state index contributed by atoms with van der Waals surface area (Å²) in [5.74, 6) is -45.1. The molecule has 0 aliphatic rings. The molecule has 0 aromatic heterocycles. The molecule has 0 unspecified atom stereocenters. The van der Waals surface area contributed by atoms with Gasteiger partial charge in [-0.2, -0.15) is 0 Å². The summed E-state index contributed by atoms with van der Waals surface area (Å²) in [4.78, 5) is 1.77. The first-order valence-electron chi connectivity index (χ1n) is 23.1. The lowest BCUT2D eigenvalue weighted by Crippen LogP contribution is -3.09. The fraction of sp³-hybridized carbons (Fsp3) is 0.510. The van der Waals surface area contributed by atoms with Crippen LogP contribution < -0.4 is 26.8 Å². The van der Waals surface area contributed by atoms with E-state index in [2.05, 4.69) is 20.9 Å². The second-order valence-corrected chi connectivity index (χ2v) is 17.2. The third-order valence-corrected chi connectivity index (χ3v) is 12.2. The van der Waals surface area contributed by atoms with E-state index < -0.39 is 145 Å². The molecule has 0 bridgehead atoms. The zero-order chi connectivity index (χ0) is 50.0. The fourth-order valence-electron chi connectivity index (χ4n) is 8.73. The van der Waals surface area contributed by atoms with Gasteiger partial charge in [-0.05, 0) is 25.7 Å². The van der Waals surface area contributed by atoms with Crippen molar-refractivity contribution >= 4 is 28.0 Å². The minimum atomic E-state index is -6.18. The Bertz CT molecular complexity index is 1930. The molecule has 0 heterocycles. The third-order valence-electron chi connectivity index (χ3n) is 12.2. The van der Waals surface area contributed by atoms with Gasteiger partial charge < -0.3 is 4.90 Å². The minimum Gasteiger partial charge on any atom is -0.337 e. The highest BCUT2D eigenvalue weighted by atomic mass is 19.2. The molecule has 0 spiro atoms. The van der Waals surface area contributed by atoms with Crippen molar-refractivity contribution in [2.75, 3.05) is 20.1 Å². The van der Waals surface area contributed by atoms with Gasteiger partial charge in [-0.3, -0.25) is 0 Å². The van der Waals surface area contributed by atoms with Crippen LogP contribution in [0.15, 0.2) is 24.3 Å². The highest BCUT2D eigenvalue weighted by Gasteiger charge is 2.49. The van der Waals surface area contributed by atoms with Crippen LogP contribution in [0.25, 0.3) is 0 Å². The van der Waals surface area contributed by atoms with Crippen LogP contribution in [0.4, 0.5) is 70.2 Å². The van der Waals surface area contributed by atoms with Crippen molar-refractivity contribution < 1.29 is 75.1 Å². The predicted molar refractivity (Wildman–Crippen MR) is 230 cm³/mol. The Hall–Kier alpha value is -4.22. The first kappa shape index (κ1) is 57.1. The molecule has 0 radical (unpaired) electrons. The van der Waals surface area contributed by atoms with Gasteiger partial charge in [0.2, 0.25) is 0 Å². The van der Waals surface area contributed by atoms with Crippen molar-refractivity contribution in [3.05, 3.63) is 117 Å². The zero-order valence-corrected chi connectivity index (χ0v) is 38.0. The number of halogens is 16. The maximum absolute atomic E-state index is 15.3. The largest absolute Gasteiger partial charge is 0.337 e. The Balaban J connectivity index is 0.000000397. The molecule has 4 aromatic rings. The predicted octanol–water partition coefficient (Wildman–Crippen LogP) is 12.6. The number of unbranched alkanes of at least 4 members (excludes halogenated alkanes) is 18. The molecule has 0 aliphatic carbocycles. The SMILES string of the molecule is CCCCCCCCCCCC[NH+](C)CCCCCCCCCCCC.Fc1cc(F)c([B-](c2c(F)cc(F)c(F)c2F)(c2c(F)cc(F)c(F)c2F)c2c(F)cc(F)c(F)c2F)c(F)c1F. The van der Waals surface area contributed by atoms with Gasteiger partial charge >= 0.3 is 0 Å². The number of hydrogen-bond donors (Lipinski definition) is 1. The molecule has 18 heteroatoms. The van der Waals surface area contributed by atoms with Gasteiger partial charge in [-0.25, -0.2) is 70.2 Å². The molecule has 0 saturated carbocycles. The summed E-state index contributed by atoms with van der Waals surface area (Å²) in [6.45, 7) is 7.40. The van der Waals surface area contributed by atoms with Crippen LogP contribution in [0.1, 0.15) is 142 Å². The highest BCUT2D eigenvalue weighted by molar-refractivity contribution is 7.20. The first-order chi connectivity index (χ1) is 31.8. The first-order valence-corrected chi connectivity index (χ1v) is 23.1. The van der Waals surface area contributed by atoms with E-state index in [1.165, 1.54) is 142 Å². The molecule has 0 aliphatic heterocycles. The van der Waals surface area contributed by atoms with Crippen LogP contribution >= 0.6 is 0 Å². The van der Waals surface area contributed by atoms with Crippen molar-refractivity contribution in [1.29, 1.82) is 0 Å². The molecule has 67 heavy (non-hydrogen) atoms. The maximum Gasteiger partial charge on any atom is 0.191 e. The van der Waals surface area contributed by atoms with Gasteiger partial charge in [0.05, 0.1) is 43.4 Å². The fourth-order valence-corrected chi connectivity index (χ4v) is 8.73. The van der Waals surface area contributed by atoms with Crippen molar-refractivity contribution in [2.45, 2.75) is 142 Å². The minimum absolute atomic E-state index is 0.731. The monoisotopic (exact) mass is 975 g/mol. The maximum atomic E-state index is 15.3. The Morgan fingerprint density at radius 1 is 0.284 bits per heavy atom. The van der Waals surface area contributed by atoms with E-state index in [9.17, 15) is 35.1 Å². The molecule has 374 valence electrons. The molecule has 1 nitrogen and oxygen atoms in total. The summed E-state index contributed by atoms with van der Waals surface area (Å²) in [5, 5.41) is 0. The molecule has 0 atom stereocenters. The van der Waals surface area contributed by atoms with Gasteiger partial charge in [0, 0.05) is 24.3 Å². The van der Waals surface area contributed by atoms with Crippen LogP contribution in [0.5, 0.6) is 0 Å². The summed E-state index contributed by atoms with van der Waals surface area (Å²) in [5.41, 5.74) is -10.9. The second-order valence-electron chi connectivity index (χ2n) is 17.2. The van der Waals surface area contributed by atoms with Crippen LogP contribution in [-0.2, 0) is 0 Å². The number of nitrogens with one attached hydrogen (secondary N) is 1. The van der Waals surface area contributed by atoms with Gasteiger partial charge in [0.1, 0.15) is 29.4 Å². The van der Waals surface area contributed by atoms with Crippen molar-refractivity contribution in [2.24, 2.45) is 0 Å². The zero-order valence-electron chi connectivity index (χ0n) is 38.0. The number of benzene rings is 4. The summed E-state index contributed by atoms with van der Waals surface area (Å²) in [6, 6.07) is -2.92. The van der Waals surface area contributed by atoms with Gasteiger partial charge in [0.15, 0.2) is 46.5 Å². The van der Waals surface area contributed by atoms with Crippen molar-refractivity contribution in [3.8, 4) is 0 Å². The van der Waals surface area contributed by atoms with E-state index in [1.807, 2.05) is 0 Å². The van der Waals surface area contributed by atoms with E-state index in [4.69, 9.17) is 0 Å². The summed E-state index contributed by atoms with van der Waals surface area (Å²) >= 11 is 0. The molecular weight excluding hydrogens is 917 g/mol. The second kappa shape index (κ2) is 27.7. The molecular formula is C49H58BF16N. The number of hydrogen-bond acceptors (Lipinski definition) is 0. The molecule has 0 saturated heterocycles. The van der Waals surface area contributed by atoms with Crippen molar-refractivity contribution in [1.82, 2.24) is 0 Å². The van der Waals surface area contributed by atoms with E-state index in [-0.39, 0.29) is 0 Å². The number of rotatable bonds is 26. The summed E-state index contributed by atoms with van der Waals surface area (Å²) in [6.07, 6.45) is 22.9. The lowest BCUT2D eigenvalue weighted by molar-refractivity contribution is -0.880. The standard InChI is InChI=1S/C25H53N.C24H4BF16/c1-4-6-8-10-12-14-16-18-20-22-24-26(3)25-23-21-19-17-15-13-11-9-7-5-2;26-5-1-9(30)17(34)21(38)13(5)25(14-6(27)2-10(31)18(35)22(14)39,15-7(28)3-11(32)19(36)23(15)40)16-8(29)4-12(33)20(37)24(16)41/h4-25H2,1-3H3;1-4H/q;-1/p+1. The quantitative estimate of drug-likeness (QED) is 0.0210. The molecule has 1 N–H and O–H groups in total. The summed E-state index contributed by atoms with van der Waals surface area (Å²) in [7, 11) is 2.40. The van der Waals surface area contributed by atoms with Crippen LogP contribution in [0.3, 0.4) is 0 Å². The van der Waals surface area contributed by atoms with E-state index in [0.29, 0.717) is 0 Å². The third kappa shape index (κ3) is 14.4. The van der Waals surface area contributed by atoms with Gasteiger partial charge in [-0.1, -0.05) is 117 Å². The van der Waals surface area contributed by atoms with Crippen LogP contribution in [0, 0.1) is 93.1 Å². The lowest BCUT2D eigenvalue weighted by Gasteiger charge is -2.44. The Morgan fingerprint density at radius 2 is 0.478 bits per heavy atom. The molecule has 4 rings (SSSR count). The highest BCUT2D eigenvalue weighted by Crippen LogP contribution is 2.27. The molecule has 4 aromatic carbocycles. The van der Waals surface area contributed by atoms with E-state index in [0.717, 1.165) is 0 Å². The number of quaternary nitrogens is 1. The lowest BCUT2D eigenvalue weighted by atomic mass is 9.12. The van der Waals surface area contributed by atoms with Crippen LogP contribution in [-0.4, -0.2) is 26.3 Å². The Kier molecular flexibility index (Phi) is 23.6. The Morgan fingerprint density at radius 3 is 0.687 bits per heavy atom.